The van der Waals surface area contributed by atoms with Crippen molar-refractivity contribution in [2.24, 2.45) is 0 Å². The maximum Gasteiger partial charge on any atom is 0.252 e. The summed E-state index contributed by atoms with van der Waals surface area (Å²) in [6.45, 7) is 2.59. The molecule has 5 heteroatoms. The third-order valence-corrected chi connectivity index (χ3v) is 2.11. The van der Waals surface area contributed by atoms with Crippen LogP contribution in [0.25, 0.3) is 0 Å². The van der Waals surface area contributed by atoms with E-state index in [0.29, 0.717) is 17.1 Å². The van der Waals surface area contributed by atoms with Gasteiger partial charge in [-0.1, -0.05) is 30.1 Å². The first-order valence-electron chi connectivity index (χ1n) is 4.24. The maximum absolute atomic E-state index is 11.5. The van der Waals surface area contributed by atoms with Crippen molar-refractivity contribution in [2.45, 2.75) is 13.3 Å². The second-order valence-electron chi connectivity index (χ2n) is 2.74. The zero-order chi connectivity index (χ0) is 10.6. The fraction of sp³-hybridized carbons (Fsp3) is 0.333. The van der Waals surface area contributed by atoms with Crippen LogP contribution >= 0.6 is 23.2 Å². The number of amides is 1. The number of pyridine rings is 1. The molecule has 0 bridgehead atoms. The standard InChI is InChI=1S/C9H10Cl2N2O/c1-2-3-12-9(14)6-4-8(11)13-5-7(6)10/h4-5H,2-3H2,1H3,(H,12,14). The maximum atomic E-state index is 11.5. The van der Waals surface area contributed by atoms with Gasteiger partial charge in [0.2, 0.25) is 0 Å². The Labute approximate surface area is 92.4 Å². The second-order valence-corrected chi connectivity index (χ2v) is 3.54. The summed E-state index contributed by atoms with van der Waals surface area (Å²) in [4.78, 5) is 15.3. The van der Waals surface area contributed by atoms with E-state index in [1.807, 2.05) is 6.92 Å². The molecular weight excluding hydrogens is 223 g/mol. The molecule has 14 heavy (non-hydrogen) atoms. The lowest BCUT2D eigenvalue weighted by Gasteiger charge is -2.04. The highest BCUT2D eigenvalue weighted by Crippen LogP contribution is 2.17. The Hall–Kier alpha value is -0.800. The van der Waals surface area contributed by atoms with Gasteiger partial charge in [0.15, 0.2) is 0 Å². The molecule has 0 unspecified atom stereocenters. The number of carbonyl (C=O) groups excluding carboxylic acids is 1. The van der Waals surface area contributed by atoms with E-state index in [-0.39, 0.29) is 11.1 Å². The molecule has 0 aromatic carbocycles. The van der Waals surface area contributed by atoms with Crippen molar-refractivity contribution >= 4 is 29.1 Å². The van der Waals surface area contributed by atoms with Gasteiger partial charge in [-0.3, -0.25) is 4.79 Å². The summed E-state index contributed by atoms with van der Waals surface area (Å²) in [6.07, 6.45) is 2.24. The number of hydrogen-bond donors (Lipinski definition) is 1. The molecule has 1 N–H and O–H groups in total. The summed E-state index contributed by atoms with van der Waals surface area (Å²) >= 11 is 11.4. The van der Waals surface area contributed by atoms with Gasteiger partial charge in [0.1, 0.15) is 5.15 Å². The molecular formula is C9H10Cl2N2O. The molecule has 0 atom stereocenters. The molecule has 3 nitrogen and oxygen atoms in total. The van der Waals surface area contributed by atoms with E-state index in [9.17, 15) is 4.79 Å². The van der Waals surface area contributed by atoms with E-state index in [1.54, 1.807) is 0 Å². The van der Waals surface area contributed by atoms with Gasteiger partial charge in [0, 0.05) is 12.7 Å². The molecule has 0 fully saturated rings. The minimum absolute atomic E-state index is 0.221. The van der Waals surface area contributed by atoms with Crippen molar-refractivity contribution in [2.75, 3.05) is 6.54 Å². The van der Waals surface area contributed by atoms with E-state index in [1.165, 1.54) is 12.3 Å². The molecule has 0 saturated carbocycles. The number of aromatic nitrogens is 1. The lowest BCUT2D eigenvalue weighted by atomic mass is 10.2. The summed E-state index contributed by atoms with van der Waals surface area (Å²) in [6, 6.07) is 1.45. The van der Waals surface area contributed by atoms with Gasteiger partial charge in [-0.05, 0) is 12.5 Å². The highest BCUT2D eigenvalue weighted by molar-refractivity contribution is 6.35. The Balaban J connectivity index is 2.83. The quantitative estimate of drug-likeness (QED) is 0.815. The van der Waals surface area contributed by atoms with Gasteiger partial charge >= 0.3 is 0 Å². The Morgan fingerprint density at radius 1 is 1.57 bits per heavy atom. The third-order valence-electron chi connectivity index (χ3n) is 1.60. The topological polar surface area (TPSA) is 42.0 Å². The third kappa shape index (κ3) is 2.86. The smallest absolute Gasteiger partial charge is 0.252 e. The van der Waals surface area contributed by atoms with Crippen LogP contribution in [0.15, 0.2) is 12.3 Å². The number of carbonyl (C=O) groups is 1. The van der Waals surface area contributed by atoms with Crippen LogP contribution in [0.1, 0.15) is 23.7 Å². The molecule has 0 aliphatic rings. The zero-order valence-corrected chi connectivity index (χ0v) is 9.19. The fourth-order valence-corrected chi connectivity index (χ4v) is 1.27. The van der Waals surface area contributed by atoms with Crippen molar-refractivity contribution in [3.8, 4) is 0 Å². The molecule has 0 radical (unpaired) electrons. The first-order chi connectivity index (χ1) is 6.65. The van der Waals surface area contributed by atoms with Crippen LogP contribution in [-0.4, -0.2) is 17.4 Å². The van der Waals surface area contributed by atoms with Crippen LogP contribution in [0.5, 0.6) is 0 Å². The van der Waals surface area contributed by atoms with E-state index < -0.39 is 0 Å². The summed E-state index contributed by atoms with van der Waals surface area (Å²) in [5, 5.41) is 3.28. The Bertz CT molecular complexity index is 342. The SMILES string of the molecule is CCCNC(=O)c1cc(Cl)ncc1Cl. The van der Waals surface area contributed by atoms with Crippen molar-refractivity contribution in [3.63, 3.8) is 0 Å². The lowest BCUT2D eigenvalue weighted by Crippen LogP contribution is -2.24. The fourth-order valence-electron chi connectivity index (χ4n) is 0.921. The zero-order valence-electron chi connectivity index (χ0n) is 7.68. The molecule has 0 aliphatic heterocycles. The molecule has 1 aromatic heterocycles. The largest absolute Gasteiger partial charge is 0.352 e. The number of hydrogen-bond acceptors (Lipinski definition) is 2. The minimum atomic E-state index is -0.221. The highest BCUT2D eigenvalue weighted by Gasteiger charge is 2.10. The molecule has 0 saturated heterocycles. The predicted molar refractivity (Wildman–Crippen MR) is 56.9 cm³/mol. The average Bonchev–Trinajstić information content (AvgIpc) is 2.18. The Kier molecular flexibility index (Phi) is 4.17. The van der Waals surface area contributed by atoms with Gasteiger partial charge in [0.25, 0.3) is 5.91 Å². The first-order valence-corrected chi connectivity index (χ1v) is 5.00. The van der Waals surface area contributed by atoms with Gasteiger partial charge < -0.3 is 5.32 Å². The molecule has 1 rings (SSSR count). The van der Waals surface area contributed by atoms with Crippen LogP contribution in [0, 0.1) is 0 Å². The van der Waals surface area contributed by atoms with Gasteiger partial charge in [0.05, 0.1) is 10.6 Å². The van der Waals surface area contributed by atoms with Crippen LogP contribution in [-0.2, 0) is 0 Å². The van der Waals surface area contributed by atoms with Crippen molar-refractivity contribution in [3.05, 3.63) is 28.0 Å². The van der Waals surface area contributed by atoms with Crippen LogP contribution in [0.3, 0.4) is 0 Å². The van der Waals surface area contributed by atoms with Crippen LogP contribution < -0.4 is 5.32 Å². The molecule has 76 valence electrons. The molecule has 0 spiro atoms. The number of nitrogens with zero attached hydrogens (tertiary/aromatic N) is 1. The second kappa shape index (κ2) is 5.17. The lowest BCUT2D eigenvalue weighted by molar-refractivity contribution is 0.0953. The van der Waals surface area contributed by atoms with Crippen LogP contribution in [0.2, 0.25) is 10.2 Å². The number of halogens is 2. The number of rotatable bonds is 3. The monoisotopic (exact) mass is 232 g/mol. The summed E-state index contributed by atoms with van der Waals surface area (Å²) < 4.78 is 0. The highest BCUT2D eigenvalue weighted by atomic mass is 35.5. The van der Waals surface area contributed by atoms with E-state index in [0.717, 1.165) is 6.42 Å². The van der Waals surface area contributed by atoms with Gasteiger partial charge in [-0.25, -0.2) is 4.98 Å². The Morgan fingerprint density at radius 3 is 2.93 bits per heavy atom. The summed E-state index contributed by atoms with van der Waals surface area (Å²) in [5.74, 6) is -0.221. The van der Waals surface area contributed by atoms with Crippen molar-refractivity contribution in [1.29, 1.82) is 0 Å². The van der Waals surface area contributed by atoms with E-state index in [4.69, 9.17) is 23.2 Å². The predicted octanol–water partition coefficient (Wildman–Crippen LogP) is 2.53. The Morgan fingerprint density at radius 2 is 2.29 bits per heavy atom. The summed E-state index contributed by atoms with van der Waals surface area (Å²) in [5.41, 5.74) is 0.361. The van der Waals surface area contributed by atoms with Gasteiger partial charge in [-0.2, -0.15) is 0 Å². The molecule has 0 aliphatic carbocycles. The van der Waals surface area contributed by atoms with Crippen molar-refractivity contribution < 1.29 is 4.79 Å². The van der Waals surface area contributed by atoms with Crippen molar-refractivity contribution in [1.82, 2.24) is 10.3 Å². The first kappa shape index (κ1) is 11.3. The average molecular weight is 233 g/mol. The van der Waals surface area contributed by atoms with E-state index >= 15 is 0 Å². The molecule has 1 aromatic rings. The number of nitrogens with one attached hydrogen (secondary N) is 1. The molecule has 1 heterocycles. The van der Waals surface area contributed by atoms with Crippen LogP contribution in [0.4, 0.5) is 0 Å². The minimum Gasteiger partial charge on any atom is -0.352 e. The van der Waals surface area contributed by atoms with E-state index in [2.05, 4.69) is 10.3 Å². The molecule has 1 amide bonds. The van der Waals surface area contributed by atoms with Gasteiger partial charge in [-0.15, -0.1) is 0 Å². The normalized spacial score (nSPS) is 9.93. The summed E-state index contributed by atoms with van der Waals surface area (Å²) in [7, 11) is 0.